The van der Waals surface area contributed by atoms with Gasteiger partial charge >= 0.3 is 0 Å². The average molecular weight is 349 g/mol. The van der Waals surface area contributed by atoms with E-state index in [1.807, 2.05) is 13.8 Å². The minimum absolute atomic E-state index is 0.0796. The second-order valence-electron chi connectivity index (χ2n) is 5.16. The van der Waals surface area contributed by atoms with Crippen molar-refractivity contribution in [1.29, 1.82) is 0 Å². The molecular formula is C17H20FN3O2S. The summed E-state index contributed by atoms with van der Waals surface area (Å²) in [6.07, 6.45) is 2.50. The quantitative estimate of drug-likeness (QED) is 0.803. The zero-order valence-corrected chi connectivity index (χ0v) is 14.5. The van der Waals surface area contributed by atoms with Gasteiger partial charge in [0.05, 0.1) is 5.75 Å². The second-order valence-corrected chi connectivity index (χ2v) is 6.11. The highest BCUT2D eigenvalue weighted by atomic mass is 32.2. The van der Waals surface area contributed by atoms with E-state index in [9.17, 15) is 14.0 Å². The number of amidine groups is 1. The second kappa shape index (κ2) is 8.63. The molecule has 0 aliphatic carbocycles. The number of nitrogens with one attached hydrogen (secondary N) is 1. The Morgan fingerprint density at radius 3 is 2.67 bits per heavy atom. The lowest BCUT2D eigenvalue weighted by atomic mass is 10.2. The molecule has 1 heterocycles. The molecule has 0 bridgehead atoms. The van der Waals surface area contributed by atoms with Crippen molar-refractivity contribution < 1.29 is 14.0 Å². The van der Waals surface area contributed by atoms with Crippen molar-refractivity contribution in [2.24, 2.45) is 4.99 Å². The number of aliphatic imine (C=N–C) groups is 1. The molecule has 0 fully saturated rings. The van der Waals surface area contributed by atoms with E-state index in [4.69, 9.17) is 0 Å². The summed E-state index contributed by atoms with van der Waals surface area (Å²) in [4.78, 5) is 30.0. The standard InChI is InChI=1S/C17H20FN3O2S/c1-3-9-19-15(22)11-24-17-20-14(16(23)21(17)4-2)10-12-5-7-13(18)8-6-12/h5-8,10H,3-4,9,11H2,1-2H3,(H,19,22)/b14-10-. The molecule has 7 heteroatoms. The van der Waals surface area contributed by atoms with Gasteiger partial charge in [-0.05, 0) is 37.1 Å². The zero-order chi connectivity index (χ0) is 17.5. The van der Waals surface area contributed by atoms with Crippen molar-refractivity contribution in [3.63, 3.8) is 0 Å². The molecule has 1 aliphatic rings. The molecule has 0 unspecified atom stereocenters. The van der Waals surface area contributed by atoms with Gasteiger partial charge < -0.3 is 5.32 Å². The Morgan fingerprint density at radius 2 is 2.04 bits per heavy atom. The van der Waals surface area contributed by atoms with E-state index in [0.29, 0.717) is 29.5 Å². The van der Waals surface area contributed by atoms with E-state index in [2.05, 4.69) is 10.3 Å². The Hall–Kier alpha value is -2.15. The first-order chi connectivity index (χ1) is 11.5. The molecular weight excluding hydrogens is 329 g/mol. The molecule has 128 valence electrons. The molecule has 0 radical (unpaired) electrons. The summed E-state index contributed by atoms with van der Waals surface area (Å²) < 4.78 is 13.0. The molecule has 0 spiro atoms. The van der Waals surface area contributed by atoms with E-state index in [1.54, 1.807) is 18.2 Å². The third-order valence-electron chi connectivity index (χ3n) is 3.31. The molecule has 0 saturated carbocycles. The van der Waals surface area contributed by atoms with E-state index >= 15 is 0 Å². The lowest BCUT2D eigenvalue weighted by molar-refractivity contribution is -0.122. The predicted molar refractivity (Wildman–Crippen MR) is 95.0 cm³/mol. The number of hydrogen-bond donors (Lipinski definition) is 1. The number of rotatable bonds is 6. The van der Waals surface area contributed by atoms with Crippen LogP contribution in [-0.4, -0.2) is 40.7 Å². The van der Waals surface area contributed by atoms with Crippen molar-refractivity contribution in [2.45, 2.75) is 20.3 Å². The Bertz CT molecular complexity index is 671. The van der Waals surface area contributed by atoms with Crippen LogP contribution in [0.4, 0.5) is 4.39 Å². The molecule has 5 nitrogen and oxygen atoms in total. The number of halogens is 1. The SMILES string of the molecule is CCCNC(=O)CSC1=N/C(=C\c2ccc(F)cc2)C(=O)N1CC. The van der Waals surface area contributed by atoms with Crippen molar-refractivity contribution in [1.82, 2.24) is 10.2 Å². The fourth-order valence-electron chi connectivity index (χ4n) is 2.08. The number of benzene rings is 1. The van der Waals surface area contributed by atoms with Gasteiger partial charge in [-0.25, -0.2) is 9.38 Å². The molecule has 2 rings (SSSR count). The lowest BCUT2D eigenvalue weighted by Gasteiger charge is -2.14. The number of likely N-dealkylation sites (N-methyl/N-ethyl adjacent to an activating group) is 1. The summed E-state index contributed by atoms with van der Waals surface area (Å²) in [6, 6.07) is 5.84. The third kappa shape index (κ3) is 4.67. The minimum atomic E-state index is -0.331. The maximum absolute atomic E-state index is 13.0. The Morgan fingerprint density at radius 1 is 1.33 bits per heavy atom. The fourth-order valence-corrected chi connectivity index (χ4v) is 2.97. The molecule has 24 heavy (non-hydrogen) atoms. The zero-order valence-electron chi connectivity index (χ0n) is 13.7. The maximum atomic E-state index is 13.0. The number of nitrogens with zero attached hydrogens (tertiary/aromatic N) is 2. The summed E-state index contributed by atoms with van der Waals surface area (Å²) in [5.41, 5.74) is 0.992. The molecule has 0 aromatic heterocycles. The van der Waals surface area contributed by atoms with Crippen molar-refractivity contribution in [2.75, 3.05) is 18.8 Å². The number of amides is 2. The summed E-state index contributed by atoms with van der Waals surface area (Å²) in [5.74, 6) is -0.405. The van der Waals surface area contributed by atoms with E-state index < -0.39 is 0 Å². The summed E-state index contributed by atoms with van der Waals surface area (Å²) >= 11 is 1.24. The van der Waals surface area contributed by atoms with E-state index in [0.717, 1.165) is 6.42 Å². The van der Waals surface area contributed by atoms with Gasteiger partial charge in [0.2, 0.25) is 5.91 Å². The van der Waals surface area contributed by atoms with Gasteiger partial charge in [0.15, 0.2) is 5.17 Å². The molecule has 1 aliphatic heterocycles. The van der Waals surface area contributed by atoms with Gasteiger partial charge in [-0.3, -0.25) is 14.5 Å². The number of carbonyl (C=O) groups excluding carboxylic acids is 2. The molecule has 1 aromatic carbocycles. The number of thioether (sulfide) groups is 1. The highest BCUT2D eigenvalue weighted by molar-refractivity contribution is 8.14. The summed E-state index contributed by atoms with van der Waals surface area (Å²) in [7, 11) is 0. The van der Waals surface area contributed by atoms with Gasteiger partial charge in [-0.15, -0.1) is 0 Å². The van der Waals surface area contributed by atoms with Crippen LogP contribution in [0, 0.1) is 5.82 Å². The van der Waals surface area contributed by atoms with Gasteiger partial charge in [-0.1, -0.05) is 30.8 Å². The first kappa shape index (κ1) is 18.2. The first-order valence-electron chi connectivity index (χ1n) is 7.82. The third-order valence-corrected chi connectivity index (χ3v) is 4.28. The van der Waals surface area contributed by atoms with Crippen LogP contribution in [-0.2, 0) is 9.59 Å². The van der Waals surface area contributed by atoms with Crippen LogP contribution in [0.25, 0.3) is 6.08 Å². The van der Waals surface area contributed by atoms with Crippen LogP contribution in [0.1, 0.15) is 25.8 Å². The molecule has 0 atom stereocenters. The topological polar surface area (TPSA) is 61.8 Å². The normalized spacial score (nSPS) is 15.8. The molecule has 1 N–H and O–H groups in total. The number of hydrogen-bond acceptors (Lipinski definition) is 4. The highest BCUT2D eigenvalue weighted by Gasteiger charge is 2.29. The largest absolute Gasteiger partial charge is 0.355 e. The minimum Gasteiger partial charge on any atom is -0.355 e. The van der Waals surface area contributed by atoms with E-state index in [1.165, 1.54) is 28.8 Å². The van der Waals surface area contributed by atoms with E-state index in [-0.39, 0.29) is 23.4 Å². The van der Waals surface area contributed by atoms with Crippen molar-refractivity contribution in [3.05, 3.63) is 41.3 Å². The Balaban J connectivity index is 2.10. The van der Waals surface area contributed by atoms with Crippen LogP contribution >= 0.6 is 11.8 Å². The molecule has 2 amide bonds. The van der Waals surface area contributed by atoms with Gasteiger partial charge in [0.25, 0.3) is 5.91 Å². The molecule has 0 saturated heterocycles. The van der Waals surface area contributed by atoms with Crippen LogP contribution in [0.3, 0.4) is 0 Å². The van der Waals surface area contributed by atoms with Crippen LogP contribution in [0.2, 0.25) is 0 Å². The highest BCUT2D eigenvalue weighted by Crippen LogP contribution is 2.23. The summed E-state index contributed by atoms with van der Waals surface area (Å²) in [6.45, 7) is 4.95. The average Bonchev–Trinajstić information content (AvgIpc) is 2.88. The van der Waals surface area contributed by atoms with Crippen LogP contribution in [0.5, 0.6) is 0 Å². The number of carbonyl (C=O) groups is 2. The monoisotopic (exact) mass is 349 g/mol. The van der Waals surface area contributed by atoms with Gasteiger partial charge in [0, 0.05) is 13.1 Å². The van der Waals surface area contributed by atoms with Crippen LogP contribution in [0.15, 0.2) is 35.0 Å². The van der Waals surface area contributed by atoms with Crippen molar-refractivity contribution >= 4 is 34.8 Å². The predicted octanol–water partition coefficient (Wildman–Crippen LogP) is 2.64. The lowest BCUT2D eigenvalue weighted by Crippen LogP contribution is -2.32. The van der Waals surface area contributed by atoms with Crippen LogP contribution < -0.4 is 5.32 Å². The Kier molecular flexibility index (Phi) is 6.54. The first-order valence-corrected chi connectivity index (χ1v) is 8.81. The summed E-state index contributed by atoms with van der Waals surface area (Å²) in [5, 5.41) is 3.30. The van der Waals surface area contributed by atoms with Crippen molar-refractivity contribution in [3.8, 4) is 0 Å². The smallest absolute Gasteiger partial charge is 0.278 e. The maximum Gasteiger partial charge on any atom is 0.278 e. The molecule has 1 aromatic rings. The Labute approximate surface area is 145 Å². The fraction of sp³-hybridized carbons (Fsp3) is 0.353. The van der Waals surface area contributed by atoms with Gasteiger partial charge in [0.1, 0.15) is 11.5 Å². The van der Waals surface area contributed by atoms with Gasteiger partial charge in [-0.2, -0.15) is 0 Å².